The Balaban J connectivity index is 2.86. The summed E-state index contributed by atoms with van der Waals surface area (Å²) >= 11 is 0. The van der Waals surface area contributed by atoms with Gasteiger partial charge in [-0.15, -0.1) is 0 Å². The van der Waals surface area contributed by atoms with Crippen molar-refractivity contribution in [2.45, 2.75) is 32.1 Å². The lowest BCUT2D eigenvalue weighted by atomic mass is 10.0. The van der Waals surface area contributed by atoms with Gasteiger partial charge in [-0.05, 0) is 18.9 Å². The third-order valence-corrected chi connectivity index (χ3v) is 3.00. The van der Waals surface area contributed by atoms with Crippen molar-refractivity contribution in [3.05, 3.63) is 12.3 Å². The summed E-state index contributed by atoms with van der Waals surface area (Å²) in [6.45, 7) is 1.40. The maximum absolute atomic E-state index is 13.0. The van der Waals surface area contributed by atoms with Gasteiger partial charge in [-0.2, -0.15) is 0 Å². The molecule has 1 saturated heterocycles. The topological polar surface area (TPSA) is 58.6 Å². The standard InChI is InChI=1S/C12H19FN2O3/c1-3-10-7-9(8-13)11(18-10)15(5-4-6-16)12(17)14-2/h4-6,9-11H,3,7-8H2,1-2H3,(H,14,17)/b5-4-. The first kappa shape index (κ1) is 14.6. The number of carbonyl (C=O) groups is 2. The van der Waals surface area contributed by atoms with Crippen molar-refractivity contribution in [3.63, 3.8) is 0 Å². The summed E-state index contributed by atoms with van der Waals surface area (Å²) in [7, 11) is 1.47. The third kappa shape index (κ3) is 3.29. The van der Waals surface area contributed by atoms with E-state index in [0.29, 0.717) is 12.7 Å². The molecule has 0 aliphatic carbocycles. The second kappa shape index (κ2) is 7.10. The van der Waals surface area contributed by atoms with E-state index in [-0.39, 0.29) is 12.0 Å². The summed E-state index contributed by atoms with van der Waals surface area (Å²) in [5.41, 5.74) is 0. The lowest BCUT2D eigenvalue weighted by Gasteiger charge is -2.27. The molecule has 6 heteroatoms. The van der Waals surface area contributed by atoms with Crippen molar-refractivity contribution in [3.8, 4) is 0 Å². The SMILES string of the molecule is CCC1CC(CF)C(N(/C=C\C=O)C(=O)NC)O1. The fraction of sp³-hybridized carbons (Fsp3) is 0.667. The first-order valence-corrected chi connectivity index (χ1v) is 6.01. The molecule has 1 heterocycles. The lowest BCUT2D eigenvalue weighted by Crippen LogP contribution is -2.44. The number of urea groups is 1. The van der Waals surface area contributed by atoms with E-state index in [9.17, 15) is 14.0 Å². The summed E-state index contributed by atoms with van der Waals surface area (Å²) in [4.78, 5) is 23.3. The van der Waals surface area contributed by atoms with Gasteiger partial charge in [0.15, 0.2) is 0 Å². The largest absolute Gasteiger partial charge is 0.354 e. The number of nitrogens with zero attached hydrogens (tertiary/aromatic N) is 1. The number of allylic oxidation sites excluding steroid dienone is 1. The Bertz CT molecular complexity index is 322. The van der Waals surface area contributed by atoms with Gasteiger partial charge in [0.25, 0.3) is 0 Å². The van der Waals surface area contributed by atoms with E-state index in [0.717, 1.165) is 6.42 Å². The van der Waals surface area contributed by atoms with E-state index in [1.54, 1.807) is 0 Å². The molecule has 3 atom stereocenters. The molecule has 0 aromatic heterocycles. The van der Waals surface area contributed by atoms with E-state index >= 15 is 0 Å². The zero-order chi connectivity index (χ0) is 13.5. The number of ether oxygens (including phenoxy) is 1. The Labute approximate surface area is 106 Å². The van der Waals surface area contributed by atoms with Crippen molar-refractivity contribution in [1.29, 1.82) is 0 Å². The number of aldehydes is 1. The van der Waals surface area contributed by atoms with Gasteiger partial charge >= 0.3 is 6.03 Å². The van der Waals surface area contributed by atoms with E-state index in [2.05, 4.69) is 5.32 Å². The van der Waals surface area contributed by atoms with E-state index in [4.69, 9.17) is 4.74 Å². The maximum Gasteiger partial charge on any atom is 0.323 e. The molecular formula is C12H19FN2O3. The summed E-state index contributed by atoms with van der Waals surface area (Å²) < 4.78 is 18.6. The molecule has 5 nitrogen and oxygen atoms in total. The minimum absolute atomic E-state index is 0.0486. The van der Waals surface area contributed by atoms with Gasteiger partial charge in [0.2, 0.25) is 0 Å². The molecule has 1 aliphatic heterocycles. The number of nitrogens with one attached hydrogen (secondary N) is 1. The van der Waals surface area contributed by atoms with Gasteiger partial charge in [0, 0.05) is 19.2 Å². The molecule has 0 bridgehead atoms. The minimum atomic E-state index is -0.656. The smallest absolute Gasteiger partial charge is 0.323 e. The molecule has 0 aromatic rings. The molecule has 18 heavy (non-hydrogen) atoms. The molecule has 0 radical (unpaired) electrons. The van der Waals surface area contributed by atoms with Crippen LogP contribution in [0.4, 0.5) is 9.18 Å². The fourth-order valence-electron chi connectivity index (χ4n) is 2.04. The van der Waals surface area contributed by atoms with E-state index in [1.165, 1.54) is 24.2 Å². The Morgan fingerprint density at radius 1 is 1.61 bits per heavy atom. The summed E-state index contributed by atoms with van der Waals surface area (Å²) in [6.07, 6.45) is 3.71. The van der Waals surface area contributed by atoms with Crippen LogP contribution in [0.5, 0.6) is 0 Å². The normalized spacial score (nSPS) is 27.4. The van der Waals surface area contributed by atoms with Crippen LogP contribution < -0.4 is 5.32 Å². The zero-order valence-corrected chi connectivity index (χ0v) is 10.6. The maximum atomic E-state index is 13.0. The second-order valence-electron chi connectivity index (χ2n) is 4.15. The van der Waals surface area contributed by atoms with E-state index in [1.807, 2.05) is 6.92 Å². The van der Waals surface area contributed by atoms with Crippen LogP contribution in [0.1, 0.15) is 19.8 Å². The van der Waals surface area contributed by atoms with Crippen LogP contribution in [-0.2, 0) is 9.53 Å². The highest BCUT2D eigenvalue weighted by atomic mass is 19.1. The monoisotopic (exact) mass is 258 g/mol. The zero-order valence-electron chi connectivity index (χ0n) is 10.6. The van der Waals surface area contributed by atoms with Crippen molar-refractivity contribution in [2.75, 3.05) is 13.7 Å². The Hall–Kier alpha value is -1.43. The number of alkyl halides is 1. The van der Waals surface area contributed by atoms with Crippen molar-refractivity contribution in [1.82, 2.24) is 10.2 Å². The van der Waals surface area contributed by atoms with Crippen molar-refractivity contribution in [2.24, 2.45) is 5.92 Å². The van der Waals surface area contributed by atoms with Gasteiger partial charge in [-0.25, -0.2) is 4.79 Å². The molecule has 1 N–H and O–H groups in total. The molecule has 0 saturated carbocycles. The van der Waals surface area contributed by atoms with Gasteiger partial charge in [0.1, 0.15) is 12.5 Å². The highest BCUT2D eigenvalue weighted by Crippen LogP contribution is 2.31. The van der Waals surface area contributed by atoms with Gasteiger partial charge in [-0.3, -0.25) is 14.1 Å². The molecule has 1 fully saturated rings. The van der Waals surface area contributed by atoms with E-state index < -0.39 is 18.9 Å². The number of amides is 2. The molecule has 0 spiro atoms. The Morgan fingerprint density at radius 2 is 2.33 bits per heavy atom. The summed E-state index contributed by atoms with van der Waals surface area (Å²) in [5, 5.41) is 2.45. The lowest BCUT2D eigenvalue weighted by molar-refractivity contribution is -0.104. The molecule has 0 aromatic carbocycles. The van der Waals surface area contributed by atoms with Crippen LogP contribution >= 0.6 is 0 Å². The predicted molar refractivity (Wildman–Crippen MR) is 64.5 cm³/mol. The second-order valence-corrected chi connectivity index (χ2v) is 4.15. The summed E-state index contributed by atoms with van der Waals surface area (Å²) in [5.74, 6) is -0.358. The first-order valence-electron chi connectivity index (χ1n) is 6.01. The number of rotatable bonds is 5. The quantitative estimate of drug-likeness (QED) is 0.600. The van der Waals surface area contributed by atoms with Gasteiger partial charge in [0.05, 0.1) is 12.8 Å². The van der Waals surface area contributed by atoms with Crippen LogP contribution in [0, 0.1) is 5.92 Å². The van der Waals surface area contributed by atoms with Gasteiger partial charge < -0.3 is 10.1 Å². The number of hydrogen-bond acceptors (Lipinski definition) is 3. The number of hydrogen-bond donors (Lipinski definition) is 1. The molecule has 1 rings (SSSR count). The fourth-order valence-corrected chi connectivity index (χ4v) is 2.04. The molecular weight excluding hydrogens is 239 g/mol. The van der Waals surface area contributed by atoms with Gasteiger partial charge in [-0.1, -0.05) is 6.92 Å². The molecule has 2 amide bonds. The Kier molecular flexibility index (Phi) is 5.77. The first-order chi connectivity index (χ1) is 8.67. The van der Waals surface area contributed by atoms with Crippen molar-refractivity contribution >= 4 is 12.3 Å². The highest BCUT2D eigenvalue weighted by molar-refractivity contribution is 5.76. The highest BCUT2D eigenvalue weighted by Gasteiger charge is 2.39. The van der Waals surface area contributed by atoms with Crippen LogP contribution in [0.25, 0.3) is 0 Å². The Morgan fingerprint density at radius 3 is 2.83 bits per heavy atom. The third-order valence-electron chi connectivity index (χ3n) is 3.00. The number of halogens is 1. The minimum Gasteiger partial charge on any atom is -0.354 e. The van der Waals surface area contributed by atoms with Crippen molar-refractivity contribution < 1.29 is 18.7 Å². The van der Waals surface area contributed by atoms with Crippen LogP contribution in [0.3, 0.4) is 0 Å². The molecule has 1 aliphatic rings. The predicted octanol–water partition coefficient (Wildman–Crippen LogP) is 1.45. The molecule has 102 valence electrons. The summed E-state index contributed by atoms with van der Waals surface area (Å²) in [6, 6.07) is -0.423. The number of carbonyl (C=O) groups excluding carboxylic acids is 2. The van der Waals surface area contributed by atoms with Crippen LogP contribution in [-0.4, -0.2) is 43.3 Å². The van der Waals surface area contributed by atoms with Crippen LogP contribution in [0.15, 0.2) is 12.3 Å². The van der Waals surface area contributed by atoms with Crippen LogP contribution in [0.2, 0.25) is 0 Å². The average Bonchev–Trinajstić information content (AvgIpc) is 2.82. The average molecular weight is 258 g/mol. The molecule has 3 unspecified atom stereocenters.